The average Bonchev–Trinajstić information content (AvgIpc) is 3.09. The Hall–Kier alpha value is -2.84. The first-order valence-electron chi connectivity index (χ1n) is 7.77. The highest BCUT2D eigenvalue weighted by molar-refractivity contribution is 6.30. The minimum Gasteiger partial charge on any atom is -0.299 e. The number of aromatic nitrogens is 2. The molecule has 0 spiro atoms. The molecule has 3 heteroatoms. The van der Waals surface area contributed by atoms with Gasteiger partial charge in [-0.1, -0.05) is 72.3 Å². The van der Waals surface area contributed by atoms with Crippen molar-refractivity contribution in [2.75, 3.05) is 0 Å². The van der Waals surface area contributed by atoms with Crippen molar-refractivity contribution < 1.29 is 0 Å². The number of hydrogen-bond donors (Lipinski definition) is 0. The summed E-state index contributed by atoms with van der Waals surface area (Å²) in [5, 5.41) is 0.725. The minimum atomic E-state index is 0.725. The lowest BCUT2D eigenvalue weighted by Gasteiger charge is -2.07. The van der Waals surface area contributed by atoms with Crippen LogP contribution >= 0.6 is 11.6 Å². The average molecular weight is 331 g/mol. The normalized spacial score (nSPS) is 10.7. The Bertz CT molecular complexity index is 942. The van der Waals surface area contributed by atoms with E-state index < -0.39 is 0 Å². The van der Waals surface area contributed by atoms with Crippen molar-refractivity contribution >= 4 is 11.6 Å². The van der Waals surface area contributed by atoms with Gasteiger partial charge in [0.2, 0.25) is 0 Å². The number of benzene rings is 3. The highest BCUT2D eigenvalue weighted by atomic mass is 35.5. The van der Waals surface area contributed by atoms with Crippen molar-refractivity contribution in [3.8, 4) is 28.3 Å². The van der Waals surface area contributed by atoms with Gasteiger partial charge in [-0.25, -0.2) is 4.98 Å². The molecule has 0 atom stereocenters. The smallest absolute Gasteiger partial charge is 0.145 e. The molecule has 0 aliphatic carbocycles. The highest BCUT2D eigenvalue weighted by Gasteiger charge is 2.12. The maximum Gasteiger partial charge on any atom is 0.145 e. The van der Waals surface area contributed by atoms with E-state index in [9.17, 15) is 0 Å². The number of rotatable bonds is 3. The molecule has 1 heterocycles. The van der Waals surface area contributed by atoms with Gasteiger partial charge in [0.15, 0.2) is 0 Å². The number of hydrogen-bond acceptors (Lipinski definition) is 1. The van der Waals surface area contributed by atoms with Crippen molar-refractivity contribution in [3.05, 3.63) is 96.1 Å². The molecule has 2 nitrogen and oxygen atoms in total. The van der Waals surface area contributed by atoms with Gasteiger partial charge >= 0.3 is 0 Å². The Balaban J connectivity index is 1.90. The van der Waals surface area contributed by atoms with Crippen molar-refractivity contribution in [1.82, 2.24) is 9.55 Å². The van der Waals surface area contributed by atoms with Gasteiger partial charge in [-0.3, -0.25) is 4.57 Å². The quantitative estimate of drug-likeness (QED) is 0.460. The van der Waals surface area contributed by atoms with E-state index in [0.717, 1.165) is 33.4 Å². The molecule has 0 aliphatic rings. The van der Waals surface area contributed by atoms with Crippen LogP contribution in [0.15, 0.2) is 91.1 Å². The van der Waals surface area contributed by atoms with E-state index in [1.54, 1.807) is 0 Å². The van der Waals surface area contributed by atoms with Gasteiger partial charge in [-0.15, -0.1) is 0 Å². The van der Waals surface area contributed by atoms with E-state index in [0.29, 0.717) is 0 Å². The second kappa shape index (κ2) is 6.34. The molecule has 3 aromatic carbocycles. The molecule has 0 radical (unpaired) electrons. The molecular weight excluding hydrogens is 316 g/mol. The van der Waals surface area contributed by atoms with E-state index in [1.165, 1.54) is 0 Å². The SMILES string of the molecule is Clc1ccc(-n2cc(-c3ccccc3)nc2-c2ccccc2)cc1. The predicted molar refractivity (Wildman–Crippen MR) is 99.4 cm³/mol. The number of nitrogens with zero attached hydrogens (tertiary/aromatic N) is 2. The Morgan fingerprint density at radius 3 is 1.88 bits per heavy atom. The van der Waals surface area contributed by atoms with Gasteiger partial charge in [0, 0.05) is 28.0 Å². The van der Waals surface area contributed by atoms with Crippen molar-refractivity contribution in [2.24, 2.45) is 0 Å². The van der Waals surface area contributed by atoms with Crippen LogP contribution in [-0.4, -0.2) is 9.55 Å². The van der Waals surface area contributed by atoms with Gasteiger partial charge in [-0.2, -0.15) is 0 Å². The molecule has 0 saturated heterocycles. The lowest BCUT2D eigenvalue weighted by atomic mass is 10.2. The van der Waals surface area contributed by atoms with Gasteiger partial charge in [0.25, 0.3) is 0 Å². The number of imidazole rings is 1. The summed E-state index contributed by atoms with van der Waals surface area (Å²) in [5.74, 6) is 0.914. The molecule has 0 fully saturated rings. The van der Waals surface area contributed by atoms with E-state index in [-0.39, 0.29) is 0 Å². The predicted octanol–water partition coefficient (Wildman–Crippen LogP) is 5.86. The van der Waals surface area contributed by atoms with Gasteiger partial charge in [0.1, 0.15) is 5.82 Å². The molecule has 0 aliphatic heterocycles. The second-order valence-corrected chi connectivity index (χ2v) is 5.96. The maximum absolute atomic E-state index is 6.03. The molecule has 4 rings (SSSR count). The van der Waals surface area contributed by atoms with E-state index >= 15 is 0 Å². The van der Waals surface area contributed by atoms with Gasteiger partial charge in [-0.05, 0) is 24.3 Å². The highest BCUT2D eigenvalue weighted by Crippen LogP contribution is 2.28. The molecule has 4 aromatic rings. The topological polar surface area (TPSA) is 17.8 Å². The lowest BCUT2D eigenvalue weighted by Crippen LogP contribution is -1.95. The maximum atomic E-state index is 6.03. The molecule has 116 valence electrons. The van der Waals surface area contributed by atoms with Crippen LogP contribution in [0.5, 0.6) is 0 Å². The van der Waals surface area contributed by atoms with Crippen LogP contribution in [0.3, 0.4) is 0 Å². The van der Waals surface area contributed by atoms with Crippen LogP contribution in [0.1, 0.15) is 0 Å². The van der Waals surface area contributed by atoms with Crippen LogP contribution in [0.25, 0.3) is 28.3 Å². The molecule has 0 saturated carbocycles. The summed E-state index contributed by atoms with van der Waals surface area (Å²) < 4.78 is 2.11. The summed E-state index contributed by atoms with van der Waals surface area (Å²) in [6.45, 7) is 0. The second-order valence-electron chi connectivity index (χ2n) is 5.53. The van der Waals surface area contributed by atoms with E-state index in [4.69, 9.17) is 16.6 Å². The molecule has 1 aromatic heterocycles. The van der Waals surface area contributed by atoms with E-state index in [2.05, 4.69) is 35.0 Å². The first-order chi connectivity index (χ1) is 11.8. The fourth-order valence-corrected chi connectivity index (χ4v) is 2.84. The third-order valence-electron chi connectivity index (χ3n) is 3.91. The molecule has 0 bridgehead atoms. The molecule has 0 N–H and O–H groups in total. The Morgan fingerprint density at radius 2 is 1.25 bits per heavy atom. The standard InChI is InChI=1S/C21H15ClN2/c22-18-11-13-19(14-12-18)24-15-20(16-7-3-1-4-8-16)23-21(24)17-9-5-2-6-10-17/h1-15H. The first-order valence-corrected chi connectivity index (χ1v) is 8.15. The Labute approximate surface area is 146 Å². The van der Waals surface area contributed by atoms with Crippen molar-refractivity contribution in [1.29, 1.82) is 0 Å². The summed E-state index contributed by atoms with van der Waals surface area (Å²) in [6.07, 6.45) is 2.07. The van der Waals surface area contributed by atoms with Crippen LogP contribution in [0.4, 0.5) is 0 Å². The fourth-order valence-electron chi connectivity index (χ4n) is 2.72. The summed E-state index contributed by atoms with van der Waals surface area (Å²) in [5.41, 5.74) is 4.16. The van der Waals surface area contributed by atoms with E-state index in [1.807, 2.05) is 60.7 Å². The third-order valence-corrected chi connectivity index (χ3v) is 4.16. The summed E-state index contributed by atoms with van der Waals surface area (Å²) in [6, 6.07) is 28.2. The Kier molecular flexibility index (Phi) is 3.89. The van der Waals surface area contributed by atoms with Gasteiger partial charge in [0.05, 0.1) is 5.69 Å². The van der Waals surface area contributed by atoms with Crippen LogP contribution < -0.4 is 0 Å². The monoisotopic (exact) mass is 330 g/mol. The first kappa shape index (κ1) is 14.7. The molecule has 0 amide bonds. The third kappa shape index (κ3) is 2.84. The fraction of sp³-hybridized carbons (Fsp3) is 0. The summed E-state index contributed by atoms with van der Waals surface area (Å²) >= 11 is 6.03. The minimum absolute atomic E-state index is 0.725. The molecular formula is C21H15ClN2. The van der Waals surface area contributed by atoms with Crippen LogP contribution in [0, 0.1) is 0 Å². The van der Waals surface area contributed by atoms with Crippen LogP contribution in [0.2, 0.25) is 5.02 Å². The molecule has 24 heavy (non-hydrogen) atoms. The van der Waals surface area contributed by atoms with Gasteiger partial charge < -0.3 is 0 Å². The van der Waals surface area contributed by atoms with Crippen molar-refractivity contribution in [2.45, 2.75) is 0 Å². The zero-order valence-corrected chi connectivity index (χ0v) is 13.7. The summed E-state index contributed by atoms with van der Waals surface area (Å²) in [7, 11) is 0. The Morgan fingerprint density at radius 1 is 0.667 bits per heavy atom. The lowest BCUT2D eigenvalue weighted by molar-refractivity contribution is 1.07. The zero-order valence-electron chi connectivity index (χ0n) is 12.9. The largest absolute Gasteiger partial charge is 0.299 e. The van der Waals surface area contributed by atoms with Crippen LogP contribution in [-0.2, 0) is 0 Å². The molecule has 0 unspecified atom stereocenters. The summed E-state index contributed by atoms with van der Waals surface area (Å²) in [4.78, 5) is 4.88. The number of halogens is 1. The zero-order chi connectivity index (χ0) is 16.4. The van der Waals surface area contributed by atoms with Crippen molar-refractivity contribution in [3.63, 3.8) is 0 Å².